The van der Waals surface area contributed by atoms with Crippen LogP contribution < -0.4 is 18.6 Å². The van der Waals surface area contributed by atoms with Crippen LogP contribution in [-0.4, -0.2) is 14.2 Å². The van der Waals surface area contributed by atoms with Gasteiger partial charge in [-0.2, -0.15) is 0 Å². The quantitative estimate of drug-likeness (QED) is 0.0883. The van der Waals surface area contributed by atoms with E-state index in [9.17, 15) is 0 Å². The number of hydrogen-bond donors (Lipinski definition) is 0. The monoisotopic (exact) mass is 564 g/mol. The third kappa shape index (κ3) is 8.24. The molecule has 2 aromatic carbocycles. The van der Waals surface area contributed by atoms with Crippen LogP contribution in [0.25, 0.3) is 0 Å². The van der Waals surface area contributed by atoms with E-state index in [0.717, 1.165) is 58.8 Å². The minimum Gasteiger partial charge on any atom is -0.496 e. The molecule has 0 saturated carbocycles. The van der Waals surface area contributed by atoms with Crippen LogP contribution in [0.5, 0.6) is 11.5 Å². The molecule has 0 aliphatic heterocycles. The number of aryl methyl sites for hydroxylation is 4. The molecule has 0 saturated heterocycles. The zero-order valence-corrected chi connectivity index (χ0v) is 24.7. The number of ether oxygens (including phenoxy) is 2. The minimum atomic E-state index is 0.798. The number of aromatic nitrogens is 2. The van der Waals surface area contributed by atoms with Crippen molar-refractivity contribution < 1.29 is 18.6 Å². The Balaban J connectivity index is 1.19. The normalized spacial score (nSPS) is 11.6. The molecule has 8 nitrogen and oxygen atoms in total. The van der Waals surface area contributed by atoms with E-state index in [4.69, 9.17) is 9.47 Å². The molecular formula is C29H36N6O2S2+2. The summed E-state index contributed by atoms with van der Waals surface area (Å²) in [5, 5.41) is 23.1. The molecule has 0 bridgehead atoms. The lowest BCUT2D eigenvalue weighted by Crippen LogP contribution is -2.23. The number of unbranched alkanes of at least 4 members (excludes halogenated alkanes) is 4. The fourth-order valence-electron chi connectivity index (χ4n) is 4.21. The Hall–Kier alpha value is -3.50. The Morgan fingerprint density at radius 2 is 1.05 bits per heavy atom. The topological polar surface area (TPSA) is 75.7 Å². The van der Waals surface area contributed by atoms with E-state index < -0.39 is 0 Å². The smallest absolute Gasteiger partial charge is 0.408 e. The van der Waals surface area contributed by atoms with Crippen molar-refractivity contribution in [3.63, 3.8) is 0 Å². The van der Waals surface area contributed by atoms with E-state index in [2.05, 4.69) is 32.6 Å². The van der Waals surface area contributed by atoms with E-state index in [-0.39, 0.29) is 0 Å². The lowest BCUT2D eigenvalue weighted by atomic mass is 10.0. The number of hydrogen-bond acceptors (Lipinski definition) is 8. The zero-order chi connectivity index (χ0) is 27.5. The molecule has 0 atom stereocenters. The SMILES string of the molecule is COc1cc(N=Nc2scc[n+]2C)ccc1CCCCCCCc1ccc(N=Nc2scc[n+]2C)cc1OC. The van der Waals surface area contributed by atoms with Gasteiger partial charge in [0.05, 0.1) is 38.5 Å². The highest BCUT2D eigenvalue weighted by molar-refractivity contribution is 7.13. The molecule has 0 aliphatic carbocycles. The van der Waals surface area contributed by atoms with E-state index in [0.29, 0.717) is 0 Å². The van der Waals surface area contributed by atoms with Crippen LogP contribution in [0.15, 0.2) is 80.0 Å². The highest BCUT2D eigenvalue weighted by Gasteiger charge is 2.11. The predicted octanol–water partition coefficient (Wildman–Crippen LogP) is 8.04. The fraction of sp³-hybridized carbons (Fsp3) is 0.379. The number of methoxy groups -OCH3 is 2. The molecule has 0 spiro atoms. The van der Waals surface area contributed by atoms with Crippen molar-refractivity contribution in [1.29, 1.82) is 0 Å². The predicted molar refractivity (Wildman–Crippen MR) is 156 cm³/mol. The van der Waals surface area contributed by atoms with Gasteiger partial charge < -0.3 is 9.47 Å². The first-order valence-electron chi connectivity index (χ1n) is 13.1. The molecule has 0 N–H and O–H groups in total. The Kier molecular flexibility index (Phi) is 10.7. The van der Waals surface area contributed by atoms with Crippen LogP contribution in [0.4, 0.5) is 21.6 Å². The van der Waals surface area contributed by atoms with Gasteiger partial charge >= 0.3 is 10.3 Å². The van der Waals surface area contributed by atoms with Gasteiger partial charge in [-0.05, 0) is 81.8 Å². The lowest BCUT2D eigenvalue weighted by molar-refractivity contribution is -0.654. The first kappa shape index (κ1) is 28.5. The molecule has 4 rings (SSSR count). The van der Waals surface area contributed by atoms with Crippen LogP contribution in [0.1, 0.15) is 43.2 Å². The lowest BCUT2D eigenvalue weighted by Gasteiger charge is -2.09. The first-order valence-corrected chi connectivity index (χ1v) is 14.9. The summed E-state index contributed by atoms with van der Waals surface area (Å²) >= 11 is 3.12. The molecule has 2 heterocycles. The summed E-state index contributed by atoms with van der Waals surface area (Å²) in [7, 11) is 7.35. The summed E-state index contributed by atoms with van der Waals surface area (Å²) in [6.45, 7) is 0. The summed E-state index contributed by atoms with van der Waals surface area (Å²) in [6, 6.07) is 12.2. The van der Waals surface area contributed by atoms with Gasteiger partial charge in [-0.15, -0.1) is 0 Å². The summed E-state index contributed by atoms with van der Waals surface area (Å²) < 4.78 is 15.2. The average Bonchev–Trinajstić information content (AvgIpc) is 3.57. The minimum absolute atomic E-state index is 0.798. The molecule has 0 aliphatic rings. The Labute approximate surface area is 238 Å². The van der Waals surface area contributed by atoms with Gasteiger partial charge in [-0.1, -0.05) is 31.4 Å². The maximum Gasteiger partial charge on any atom is 0.408 e. The largest absolute Gasteiger partial charge is 0.496 e. The second-order valence-electron chi connectivity index (χ2n) is 9.25. The third-order valence-electron chi connectivity index (χ3n) is 6.45. The van der Waals surface area contributed by atoms with E-state index >= 15 is 0 Å². The molecule has 0 radical (unpaired) electrons. The Bertz CT molecular complexity index is 1310. The van der Waals surface area contributed by atoms with Gasteiger partial charge in [0, 0.05) is 22.9 Å². The number of benzene rings is 2. The van der Waals surface area contributed by atoms with E-state index in [1.165, 1.54) is 30.4 Å². The van der Waals surface area contributed by atoms with Crippen LogP contribution in [0.2, 0.25) is 0 Å². The van der Waals surface area contributed by atoms with Gasteiger partial charge in [-0.3, -0.25) is 0 Å². The van der Waals surface area contributed by atoms with Gasteiger partial charge in [-0.25, -0.2) is 9.13 Å². The van der Waals surface area contributed by atoms with Crippen molar-refractivity contribution >= 4 is 44.3 Å². The summed E-state index contributed by atoms with van der Waals surface area (Å²) in [5.41, 5.74) is 4.03. The second-order valence-corrected chi connectivity index (χ2v) is 11.0. The van der Waals surface area contributed by atoms with Gasteiger partial charge in [0.25, 0.3) is 0 Å². The van der Waals surface area contributed by atoms with Crippen molar-refractivity contribution in [2.75, 3.05) is 14.2 Å². The number of azo groups is 2. The van der Waals surface area contributed by atoms with Crippen LogP contribution in [0, 0.1) is 0 Å². The van der Waals surface area contributed by atoms with Crippen LogP contribution >= 0.6 is 22.7 Å². The highest BCUT2D eigenvalue weighted by Crippen LogP contribution is 2.29. The maximum atomic E-state index is 5.63. The molecule has 10 heteroatoms. The molecule has 0 amide bonds. The molecule has 0 unspecified atom stereocenters. The standard InChI is InChI=1S/C29H36N6O2S2/c1-34-16-18-38-28(34)32-30-24-14-12-22(26(20-24)36-3)10-8-6-5-7-9-11-23-13-15-25(21-27(23)37-4)31-33-29-35(2)17-19-39-29/h12-21H,5-11H2,1-4H3/q+2. The third-order valence-corrected chi connectivity index (χ3v) is 8.13. The van der Waals surface area contributed by atoms with Gasteiger partial charge in [0.2, 0.25) is 0 Å². The van der Waals surface area contributed by atoms with Gasteiger partial charge in [0.1, 0.15) is 35.3 Å². The van der Waals surface area contributed by atoms with Crippen molar-refractivity contribution in [2.24, 2.45) is 34.6 Å². The van der Waals surface area contributed by atoms with E-state index in [1.807, 2.05) is 70.6 Å². The van der Waals surface area contributed by atoms with Crippen molar-refractivity contribution in [3.8, 4) is 11.5 Å². The van der Waals surface area contributed by atoms with Crippen molar-refractivity contribution in [1.82, 2.24) is 0 Å². The van der Waals surface area contributed by atoms with Crippen LogP contribution in [-0.2, 0) is 26.9 Å². The van der Waals surface area contributed by atoms with E-state index in [1.54, 1.807) is 36.9 Å². The molecule has 0 fully saturated rings. The summed E-state index contributed by atoms with van der Waals surface area (Å²) in [6.07, 6.45) is 11.8. The van der Waals surface area contributed by atoms with Crippen molar-refractivity contribution in [2.45, 2.75) is 44.9 Å². The Morgan fingerprint density at radius 3 is 1.44 bits per heavy atom. The highest BCUT2D eigenvalue weighted by atomic mass is 32.1. The Morgan fingerprint density at radius 1 is 0.615 bits per heavy atom. The number of thiazole rings is 2. The first-order chi connectivity index (χ1) is 19.1. The second kappa shape index (κ2) is 14.6. The zero-order valence-electron chi connectivity index (χ0n) is 23.0. The molecule has 39 heavy (non-hydrogen) atoms. The van der Waals surface area contributed by atoms with Crippen molar-refractivity contribution in [3.05, 3.63) is 70.7 Å². The molecule has 4 aromatic rings. The van der Waals surface area contributed by atoms with Crippen LogP contribution in [0.3, 0.4) is 0 Å². The number of rotatable bonds is 14. The maximum absolute atomic E-state index is 5.63. The molecule has 2 aromatic heterocycles. The molecule has 204 valence electrons. The molecular weight excluding hydrogens is 528 g/mol. The number of nitrogens with zero attached hydrogens (tertiary/aromatic N) is 6. The van der Waals surface area contributed by atoms with Gasteiger partial charge in [0.15, 0.2) is 0 Å². The average molecular weight is 565 g/mol. The summed E-state index contributed by atoms with van der Waals surface area (Å²) in [4.78, 5) is 0. The summed E-state index contributed by atoms with van der Waals surface area (Å²) in [5.74, 6) is 1.75. The fourth-order valence-corrected chi connectivity index (χ4v) is 5.57.